The number of furan rings is 1. The van der Waals surface area contributed by atoms with Crippen LogP contribution < -0.4 is 0 Å². The van der Waals surface area contributed by atoms with Crippen molar-refractivity contribution in [2.45, 2.75) is 12.8 Å². The van der Waals surface area contributed by atoms with Gasteiger partial charge in [0.25, 0.3) is 0 Å². The minimum Gasteiger partial charge on any atom is -0.469 e. The predicted molar refractivity (Wildman–Crippen MR) is 56.8 cm³/mol. The average molecular weight is 203 g/mol. The molecule has 0 unspecified atom stereocenters. The number of hydrogen-bond acceptors (Lipinski definition) is 2. The van der Waals surface area contributed by atoms with Crippen molar-refractivity contribution in [3.05, 3.63) is 48.2 Å². The summed E-state index contributed by atoms with van der Waals surface area (Å²) in [6, 6.07) is 7.44. The van der Waals surface area contributed by atoms with E-state index in [4.69, 9.17) is 4.42 Å². The van der Waals surface area contributed by atoms with E-state index in [2.05, 4.69) is 0 Å². The minimum absolute atomic E-state index is 0.152. The summed E-state index contributed by atoms with van der Waals surface area (Å²) in [7, 11) is 1.88. The Balaban J connectivity index is 1.96. The Hall–Kier alpha value is -1.77. The van der Waals surface area contributed by atoms with Gasteiger partial charge in [0.05, 0.1) is 12.0 Å². The van der Waals surface area contributed by atoms with Crippen LogP contribution in [0.5, 0.6) is 0 Å². The van der Waals surface area contributed by atoms with Crippen LogP contribution >= 0.6 is 0 Å². The molecule has 0 spiro atoms. The zero-order valence-electron chi connectivity index (χ0n) is 8.64. The molecule has 0 aliphatic carbocycles. The van der Waals surface area contributed by atoms with Gasteiger partial charge in [-0.1, -0.05) is 0 Å². The molecule has 0 aromatic carbocycles. The fourth-order valence-corrected chi connectivity index (χ4v) is 1.57. The van der Waals surface area contributed by atoms with E-state index >= 15 is 0 Å². The SMILES string of the molecule is Cn1cccc1C(=O)CCc1ccco1. The molecule has 0 atom stereocenters. The Labute approximate surface area is 88.3 Å². The Morgan fingerprint density at radius 1 is 1.40 bits per heavy atom. The quantitative estimate of drug-likeness (QED) is 0.715. The Bertz CT molecular complexity index is 440. The summed E-state index contributed by atoms with van der Waals surface area (Å²) in [5, 5.41) is 0. The van der Waals surface area contributed by atoms with Gasteiger partial charge in [-0.25, -0.2) is 0 Å². The first-order valence-electron chi connectivity index (χ1n) is 4.94. The van der Waals surface area contributed by atoms with E-state index in [-0.39, 0.29) is 5.78 Å². The molecule has 2 rings (SSSR count). The van der Waals surface area contributed by atoms with Crippen molar-refractivity contribution in [3.8, 4) is 0 Å². The molecule has 0 saturated carbocycles. The number of Topliss-reactive ketones (excluding diaryl/α,β-unsaturated/α-hetero) is 1. The molecule has 0 amide bonds. The van der Waals surface area contributed by atoms with Crippen LogP contribution in [0.4, 0.5) is 0 Å². The molecular weight excluding hydrogens is 190 g/mol. The molecular formula is C12H13NO2. The number of ketones is 1. The maximum absolute atomic E-state index is 11.8. The third-order valence-electron chi connectivity index (χ3n) is 2.41. The Kier molecular flexibility index (Phi) is 2.72. The molecule has 0 N–H and O–H groups in total. The summed E-state index contributed by atoms with van der Waals surface area (Å²) in [4.78, 5) is 11.8. The van der Waals surface area contributed by atoms with E-state index in [1.54, 1.807) is 6.26 Å². The fourth-order valence-electron chi connectivity index (χ4n) is 1.57. The number of rotatable bonds is 4. The maximum Gasteiger partial charge on any atom is 0.179 e. The molecule has 3 nitrogen and oxygen atoms in total. The van der Waals surface area contributed by atoms with Gasteiger partial charge in [0, 0.05) is 26.1 Å². The lowest BCUT2D eigenvalue weighted by molar-refractivity contribution is 0.0973. The van der Waals surface area contributed by atoms with Crippen LogP contribution in [0, 0.1) is 0 Å². The topological polar surface area (TPSA) is 35.1 Å². The second-order valence-corrected chi connectivity index (χ2v) is 3.51. The second-order valence-electron chi connectivity index (χ2n) is 3.51. The lowest BCUT2D eigenvalue weighted by Crippen LogP contribution is -2.06. The lowest BCUT2D eigenvalue weighted by Gasteiger charge is -2.01. The van der Waals surface area contributed by atoms with Crippen LogP contribution in [0.3, 0.4) is 0 Å². The molecule has 0 bridgehead atoms. The Morgan fingerprint density at radius 2 is 2.27 bits per heavy atom. The monoisotopic (exact) mass is 203 g/mol. The van der Waals surface area contributed by atoms with Gasteiger partial charge in [-0.15, -0.1) is 0 Å². The normalized spacial score (nSPS) is 10.5. The summed E-state index contributed by atoms with van der Waals surface area (Å²) in [5.41, 5.74) is 0.751. The molecule has 0 saturated heterocycles. The van der Waals surface area contributed by atoms with Crippen LogP contribution in [0.1, 0.15) is 22.7 Å². The first kappa shape index (κ1) is 9.77. The third kappa shape index (κ3) is 2.18. The number of nitrogens with zero attached hydrogens (tertiary/aromatic N) is 1. The van der Waals surface area contributed by atoms with E-state index in [9.17, 15) is 4.79 Å². The van der Waals surface area contributed by atoms with Crippen molar-refractivity contribution in [1.29, 1.82) is 0 Å². The predicted octanol–water partition coefficient (Wildman–Crippen LogP) is 2.43. The van der Waals surface area contributed by atoms with Gasteiger partial charge in [-0.05, 0) is 24.3 Å². The van der Waals surface area contributed by atoms with Crippen LogP contribution in [0.15, 0.2) is 41.1 Å². The summed E-state index contributed by atoms with van der Waals surface area (Å²) >= 11 is 0. The van der Waals surface area contributed by atoms with Crippen molar-refractivity contribution in [2.24, 2.45) is 7.05 Å². The summed E-state index contributed by atoms with van der Waals surface area (Å²) in [6.45, 7) is 0. The van der Waals surface area contributed by atoms with Crippen LogP contribution in [-0.4, -0.2) is 10.4 Å². The van der Waals surface area contributed by atoms with Gasteiger partial charge in [0.15, 0.2) is 5.78 Å². The third-order valence-corrected chi connectivity index (χ3v) is 2.41. The Morgan fingerprint density at radius 3 is 2.87 bits per heavy atom. The zero-order valence-corrected chi connectivity index (χ0v) is 8.64. The molecule has 2 heterocycles. The molecule has 15 heavy (non-hydrogen) atoms. The lowest BCUT2D eigenvalue weighted by atomic mass is 10.1. The van der Waals surface area contributed by atoms with Crippen molar-refractivity contribution in [3.63, 3.8) is 0 Å². The van der Waals surface area contributed by atoms with Gasteiger partial charge in [0.1, 0.15) is 5.76 Å². The van der Waals surface area contributed by atoms with Crippen LogP contribution in [0.25, 0.3) is 0 Å². The van der Waals surface area contributed by atoms with Gasteiger partial charge in [-0.3, -0.25) is 4.79 Å². The van der Waals surface area contributed by atoms with E-state index < -0.39 is 0 Å². The number of carbonyl (C=O) groups excluding carboxylic acids is 1. The van der Waals surface area contributed by atoms with Gasteiger partial charge < -0.3 is 8.98 Å². The highest BCUT2D eigenvalue weighted by Gasteiger charge is 2.09. The van der Waals surface area contributed by atoms with Gasteiger partial charge in [0.2, 0.25) is 0 Å². The first-order chi connectivity index (χ1) is 7.27. The first-order valence-corrected chi connectivity index (χ1v) is 4.94. The number of aryl methyl sites for hydroxylation is 2. The molecule has 0 aliphatic heterocycles. The number of hydrogen-bond donors (Lipinski definition) is 0. The van der Waals surface area contributed by atoms with E-state index in [1.165, 1.54) is 0 Å². The smallest absolute Gasteiger partial charge is 0.179 e. The van der Waals surface area contributed by atoms with Gasteiger partial charge >= 0.3 is 0 Å². The molecule has 0 radical (unpaired) electrons. The highest BCUT2D eigenvalue weighted by molar-refractivity contribution is 5.94. The maximum atomic E-state index is 11.8. The molecule has 3 heteroatoms. The number of aromatic nitrogens is 1. The molecule has 2 aromatic heterocycles. The summed E-state index contributed by atoms with van der Waals surface area (Å²) < 4.78 is 7.01. The molecule has 0 aliphatic rings. The summed E-state index contributed by atoms with van der Waals surface area (Å²) in [5.74, 6) is 1.01. The standard InChI is InChI=1S/C12H13NO2/c1-13-8-2-5-11(13)12(14)7-6-10-4-3-9-15-10/h2-5,8-9H,6-7H2,1H3. The second kappa shape index (κ2) is 4.17. The molecule has 0 fully saturated rings. The van der Waals surface area contributed by atoms with Crippen LogP contribution in [-0.2, 0) is 13.5 Å². The highest BCUT2D eigenvalue weighted by atomic mass is 16.3. The van der Waals surface area contributed by atoms with Crippen LogP contribution in [0.2, 0.25) is 0 Å². The highest BCUT2D eigenvalue weighted by Crippen LogP contribution is 2.08. The zero-order chi connectivity index (χ0) is 10.7. The van der Waals surface area contributed by atoms with Crippen molar-refractivity contribution >= 4 is 5.78 Å². The minimum atomic E-state index is 0.152. The average Bonchev–Trinajstić information content (AvgIpc) is 2.84. The van der Waals surface area contributed by atoms with Crippen molar-refractivity contribution in [2.75, 3.05) is 0 Å². The largest absolute Gasteiger partial charge is 0.469 e. The van der Waals surface area contributed by atoms with Gasteiger partial charge in [-0.2, -0.15) is 0 Å². The van der Waals surface area contributed by atoms with E-state index in [1.807, 2.05) is 42.1 Å². The summed E-state index contributed by atoms with van der Waals surface area (Å²) in [6.07, 6.45) is 4.66. The molecule has 2 aromatic rings. The van der Waals surface area contributed by atoms with E-state index in [0.29, 0.717) is 12.8 Å². The number of carbonyl (C=O) groups is 1. The fraction of sp³-hybridized carbons (Fsp3) is 0.250. The van der Waals surface area contributed by atoms with Crippen molar-refractivity contribution < 1.29 is 9.21 Å². The van der Waals surface area contributed by atoms with E-state index in [0.717, 1.165) is 11.5 Å². The molecule has 78 valence electrons. The van der Waals surface area contributed by atoms with Crippen molar-refractivity contribution in [1.82, 2.24) is 4.57 Å².